The number of carbonyl (C=O) groups is 2. The van der Waals surface area contributed by atoms with E-state index in [9.17, 15) is 9.59 Å². The third kappa shape index (κ3) is 2.57. The first-order valence-electron chi connectivity index (χ1n) is 7.01. The Morgan fingerprint density at radius 3 is 2.50 bits per heavy atom. The maximum absolute atomic E-state index is 11.3. The smallest absolute Gasteiger partial charge is 0.302 e. The maximum atomic E-state index is 11.3. The van der Waals surface area contributed by atoms with Gasteiger partial charge >= 0.3 is 5.97 Å². The van der Waals surface area contributed by atoms with Gasteiger partial charge in [0.1, 0.15) is 18.2 Å². The van der Waals surface area contributed by atoms with E-state index in [0.717, 1.165) is 25.7 Å². The molecule has 0 spiro atoms. The molecule has 0 amide bonds. The summed E-state index contributed by atoms with van der Waals surface area (Å²) in [6, 6.07) is 0. The molecule has 1 radical (unpaired) electrons. The molecule has 20 heavy (non-hydrogen) atoms. The Labute approximate surface area is 132 Å². The van der Waals surface area contributed by atoms with Crippen LogP contribution in [0, 0.1) is 29.7 Å². The molecular formula is C15H19O4Rh-. The van der Waals surface area contributed by atoms with Crippen molar-refractivity contribution in [3.05, 3.63) is 12.7 Å². The van der Waals surface area contributed by atoms with Gasteiger partial charge in [-0.15, -0.1) is 0 Å². The third-order valence-corrected chi connectivity index (χ3v) is 5.11. The third-order valence-electron chi connectivity index (χ3n) is 5.11. The van der Waals surface area contributed by atoms with Gasteiger partial charge in [-0.1, -0.05) is 0 Å². The molecule has 0 aromatic rings. The summed E-state index contributed by atoms with van der Waals surface area (Å²) in [7, 11) is 0. The second kappa shape index (κ2) is 5.97. The standard InChI is InChI=1S/C15H19O4.Rh/c1-3-14(17)19-12-5-4-10-11-6-9(15(10)12)7-13(11)18-8(2)16;/h9-13,15H,1,4-7H2,2H3;/q-1;. The molecule has 2 bridgehead atoms. The van der Waals surface area contributed by atoms with E-state index >= 15 is 0 Å². The summed E-state index contributed by atoms with van der Waals surface area (Å²) in [5.41, 5.74) is 0. The molecule has 113 valence electrons. The van der Waals surface area contributed by atoms with E-state index in [0.29, 0.717) is 23.7 Å². The second-order valence-corrected chi connectivity index (χ2v) is 5.98. The fraction of sp³-hybridized carbons (Fsp3) is 0.733. The molecule has 0 aromatic heterocycles. The van der Waals surface area contributed by atoms with Crippen molar-refractivity contribution in [2.45, 2.75) is 44.8 Å². The van der Waals surface area contributed by atoms with Gasteiger partial charge in [0, 0.05) is 32.3 Å². The Balaban J connectivity index is 0.00000147. The fourth-order valence-electron chi connectivity index (χ4n) is 4.67. The average Bonchev–Trinajstić information content (AvgIpc) is 3.00. The van der Waals surface area contributed by atoms with Crippen molar-refractivity contribution in [1.29, 1.82) is 0 Å². The first-order valence-corrected chi connectivity index (χ1v) is 7.01. The minimum atomic E-state index is -0.440. The van der Waals surface area contributed by atoms with Gasteiger partial charge in [0.05, 0.1) is 0 Å². The molecule has 3 aliphatic carbocycles. The van der Waals surface area contributed by atoms with Crippen LogP contribution in [-0.4, -0.2) is 24.1 Å². The van der Waals surface area contributed by atoms with E-state index in [1.54, 1.807) is 0 Å². The van der Waals surface area contributed by atoms with Crippen molar-refractivity contribution in [3.63, 3.8) is 0 Å². The van der Waals surface area contributed by atoms with Gasteiger partial charge in [-0.05, 0) is 43.4 Å². The number of rotatable bonds is 3. The van der Waals surface area contributed by atoms with Gasteiger partial charge < -0.3 is 15.5 Å². The van der Waals surface area contributed by atoms with Crippen LogP contribution in [0.5, 0.6) is 0 Å². The molecule has 3 saturated carbocycles. The average molecular weight is 366 g/mol. The Kier molecular flexibility index (Phi) is 4.68. The molecule has 5 heteroatoms. The molecule has 6 unspecified atom stereocenters. The zero-order chi connectivity index (χ0) is 13.6. The van der Waals surface area contributed by atoms with Crippen molar-refractivity contribution in [2.75, 3.05) is 0 Å². The van der Waals surface area contributed by atoms with Gasteiger partial charge in [0.25, 0.3) is 0 Å². The van der Waals surface area contributed by atoms with Crippen LogP contribution in [-0.2, 0) is 38.5 Å². The molecule has 0 heterocycles. The summed E-state index contributed by atoms with van der Waals surface area (Å²) < 4.78 is 10.8. The number of carbonyl (C=O) groups excluding carboxylic acids is 2. The number of fused-ring (bicyclic) bond motifs is 5. The summed E-state index contributed by atoms with van der Waals surface area (Å²) in [6.45, 7) is 4.80. The molecular weight excluding hydrogens is 347 g/mol. The molecule has 3 rings (SSSR count). The first-order chi connectivity index (χ1) is 9.10. The predicted octanol–water partition coefficient (Wildman–Crippen LogP) is 1.88. The number of ether oxygens (including phenoxy) is 2. The molecule has 0 aromatic carbocycles. The van der Waals surface area contributed by atoms with E-state index in [2.05, 4.69) is 12.7 Å². The van der Waals surface area contributed by atoms with Gasteiger partial charge in [-0.3, -0.25) is 16.2 Å². The molecule has 6 atom stereocenters. The molecule has 0 saturated heterocycles. The largest absolute Gasteiger partial charge is 0.486 e. The van der Waals surface area contributed by atoms with Gasteiger partial charge in [-0.25, -0.2) is 0 Å². The van der Waals surface area contributed by atoms with Crippen LogP contribution in [0.25, 0.3) is 0 Å². The predicted molar refractivity (Wildman–Crippen MR) is 66.7 cm³/mol. The summed E-state index contributed by atoms with van der Waals surface area (Å²) in [4.78, 5) is 22.4. The maximum Gasteiger partial charge on any atom is 0.302 e. The normalized spacial score (nSPS) is 40.6. The summed E-state index contributed by atoms with van der Waals surface area (Å²) in [5.74, 6) is 1.38. The van der Waals surface area contributed by atoms with Crippen molar-refractivity contribution in [2.24, 2.45) is 23.7 Å². The Bertz CT molecular complexity index is 422. The van der Waals surface area contributed by atoms with Crippen LogP contribution >= 0.6 is 0 Å². The minimum absolute atomic E-state index is 0. The Hall–Kier alpha value is -0.697. The van der Waals surface area contributed by atoms with E-state index in [1.165, 1.54) is 6.92 Å². The first kappa shape index (κ1) is 15.7. The Morgan fingerprint density at radius 2 is 1.85 bits per heavy atom. The SMILES string of the molecule is C=[C-]C(=O)OC1CCC2C3CC(CC3OC(C)=O)C12.[Rh]. The van der Waals surface area contributed by atoms with E-state index in [4.69, 9.17) is 9.47 Å². The van der Waals surface area contributed by atoms with Crippen molar-refractivity contribution in [3.8, 4) is 0 Å². The summed E-state index contributed by atoms with van der Waals surface area (Å²) in [6.07, 6.45) is 6.40. The minimum Gasteiger partial charge on any atom is -0.486 e. The molecule has 4 nitrogen and oxygen atoms in total. The summed E-state index contributed by atoms with van der Waals surface area (Å²) in [5, 5.41) is 0. The van der Waals surface area contributed by atoms with Crippen LogP contribution in [0.15, 0.2) is 6.58 Å². The van der Waals surface area contributed by atoms with E-state index in [-0.39, 0.29) is 37.7 Å². The topological polar surface area (TPSA) is 52.6 Å². The number of hydrogen-bond donors (Lipinski definition) is 0. The number of hydrogen-bond acceptors (Lipinski definition) is 4. The molecule has 3 fully saturated rings. The van der Waals surface area contributed by atoms with Crippen molar-refractivity contribution in [1.82, 2.24) is 0 Å². The van der Waals surface area contributed by atoms with Crippen LogP contribution in [0.1, 0.15) is 32.6 Å². The zero-order valence-electron chi connectivity index (χ0n) is 11.5. The molecule has 0 N–H and O–H groups in total. The van der Waals surface area contributed by atoms with Gasteiger partial charge in [0.2, 0.25) is 0 Å². The van der Waals surface area contributed by atoms with Crippen LogP contribution in [0.2, 0.25) is 0 Å². The van der Waals surface area contributed by atoms with Crippen molar-refractivity contribution >= 4 is 11.9 Å². The molecule has 3 aliphatic rings. The van der Waals surface area contributed by atoms with Crippen LogP contribution in [0.3, 0.4) is 0 Å². The Morgan fingerprint density at radius 1 is 1.10 bits per heavy atom. The fourth-order valence-corrected chi connectivity index (χ4v) is 4.67. The molecule has 0 aliphatic heterocycles. The second-order valence-electron chi connectivity index (χ2n) is 5.98. The monoisotopic (exact) mass is 366 g/mol. The zero-order valence-corrected chi connectivity index (χ0v) is 13.1. The van der Waals surface area contributed by atoms with Crippen molar-refractivity contribution < 1.29 is 38.5 Å². The van der Waals surface area contributed by atoms with Crippen LogP contribution in [0.4, 0.5) is 0 Å². The summed E-state index contributed by atoms with van der Waals surface area (Å²) >= 11 is 0. The number of esters is 2. The van der Waals surface area contributed by atoms with E-state index < -0.39 is 5.97 Å². The van der Waals surface area contributed by atoms with Crippen LogP contribution < -0.4 is 0 Å². The van der Waals surface area contributed by atoms with Gasteiger partial charge in [0.15, 0.2) is 0 Å². The van der Waals surface area contributed by atoms with Gasteiger partial charge in [-0.2, -0.15) is 0 Å². The van der Waals surface area contributed by atoms with E-state index in [1.807, 2.05) is 0 Å². The quantitative estimate of drug-likeness (QED) is 0.331.